The number of amidine groups is 1. The minimum Gasteiger partial charge on any atom is -0.497 e. The van der Waals surface area contributed by atoms with Gasteiger partial charge in [-0.1, -0.05) is 49.4 Å². The molecule has 1 unspecified atom stereocenters. The summed E-state index contributed by atoms with van der Waals surface area (Å²) >= 11 is 1.44. The fourth-order valence-corrected chi connectivity index (χ4v) is 5.81. The molecule has 0 aromatic heterocycles. The van der Waals surface area contributed by atoms with Gasteiger partial charge in [0.25, 0.3) is 5.91 Å². The van der Waals surface area contributed by atoms with Crippen LogP contribution in [0.4, 0.5) is 5.69 Å². The predicted molar refractivity (Wildman–Crippen MR) is 162 cm³/mol. The standard InChI is InChI=1S/C31H33N3O3S.ClH/c1-3-33-19-7-10-26(33)21-34-30(35)29(38-31(34)32-25-13-17-27(36-2)18-14-25)20-23-11-15-28(16-12-23)37-22-24-8-5-4-6-9-24;/h4-6,8-9,11-18,20,26H,3,7,10,19,21-22H2,1-2H3;1H/b29-20+,32-31?;. The summed E-state index contributed by atoms with van der Waals surface area (Å²) in [6.45, 7) is 5.43. The molecule has 2 aliphatic heterocycles. The van der Waals surface area contributed by atoms with E-state index in [4.69, 9.17) is 14.5 Å². The maximum atomic E-state index is 13.6. The minimum absolute atomic E-state index is 0. The maximum Gasteiger partial charge on any atom is 0.266 e. The number of aliphatic imine (C=N–C) groups is 1. The summed E-state index contributed by atoms with van der Waals surface area (Å²) in [6.07, 6.45) is 4.21. The molecule has 6 nitrogen and oxygen atoms in total. The predicted octanol–water partition coefficient (Wildman–Crippen LogP) is 6.78. The number of thioether (sulfide) groups is 1. The van der Waals surface area contributed by atoms with Crippen molar-refractivity contribution in [3.8, 4) is 11.5 Å². The molecular formula is C31H34ClN3O3S. The Balaban J connectivity index is 0.00000353. The van der Waals surface area contributed by atoms with Crippen LogP contribution in [0, 0.1) is 0 Å². The zero-order valence-electron chi connectivity index (χ0n) is 22.3. The number of benzene rings is 3. The van der Waals surface area contributed by atoms with Crippen molar-refractivity contribution in [2.24, 2.45) is 4.99 Å². The number of carbonyl (C=O) groups excluding carboxylic acids is 1. The monoisotopic (exact) mass is 563 g/mol. The van der Waals surface area contributed by atoms with Gasteiger partial charge in [0.15, 0.2) is 5.17 Å². The Morgan fingerprint density at radius 3 is 2.41 bits per heavy atom. The first-order valence-corrected chi connectivity index (χ1v) is 13.9. The average molecular weight is 564 g/mol. The molecule has 2 heterocycles. The molecular weight excluding hydrogens is 530 g/mol. The van der Waals surface area contributed by atoms with Crippen LogP contribution in [0.3, 0.4) is 0 Å². The van der Waals surface area contributed by atoms with E-state index in [1.807, 2.05) is 89.8 Å². The van der Waals surface area contributed by atoms with Crippen LogP contribution in [0.1, 0.15) is 30.9 Å². The number of hydrogen-bond acceptors (Lipinski definition) is 6. The highest BCUT2D eigenvalue weighted by atomic mass is 35.5. The van der Waals surface area contributed by atoms with Gasteiger partial charge in [0.2, 0.25) is 0 Å². The zero-order chi connectivity index (χ0) is 26.3. The molecule has 2 saturated heterocycles. The van der Waals surface area contributed by atoms with Crippen molar-refractivity contribution >= 4 is 47.0 Å². The van der Waals surface area contributed by atoms with Crippen LogP contribution >= 0.6 is 24.2 Å². The normalized spacial score (nSPS) is 19.5. The lowest BCUT2D eigenvalue weighted by Crippen LogP contribution is -2.42. The molecule has 3 aromatic carbocycles. The van der Waals surface area contributed by atoms with E-state index in [0.717, 1.165) is 53.0 Å². The molecule has 8 heteroatoms. The van der Waals surface area contributed by atoms with E-state index in [0.29, 0.717) is 24.1 Å². The van der Waals surface area contributed by atoms with Crippen LogP contribution in [0.2, 0.25) is 0 Å². The molecule has 0 aliphatic carbocycles. The van der Waals surface area contributed by atoms with Gasteiger partial charge >= 0.3 is 0 Å². The molecule has 0 spiro atoms. The smallest absolute Gasteiger partial charge is 0.266 e. The molecule has 1 atom stereocenters. The van der Waals surface area contributed by atoms with Gasteiger partial charge < -0.3 is 9.47 Å². The van der Waals surface area contributed by atoms with Crippen molar-refractivity contribution in [2.45, 2.75) is 32.4 Å². The average Bonchev–Trinajstić information content (AvgIpc) is 3.53. The summed E-state index contributed by atoms with van der Waals surface area (Å²) in [7, 11) is 1.65. The highest BCUT2D eigenvalue weighted by Crippen LogP contribution is 2.36. The fourth-order valence-electron chi connectivity index (χ4n) is 4.80. The molecule has 39 heavy (non-hydrogen) atoms. The van der Waals surface area contributed by atoms with Gasteiger partial charge in [0.05, 0.1) is 17.7 Å². The van der Waals surface area contributed by atoms with E-state index in [1.54, 1.807) is 7.11 Å². The van der Waals surface area contributed by atoms with Gasteiger partial charge in [-0.2, -0.15) is 0 Å². The lowest BCUT2D eigenvalue weighted by atomic mass is 10.2. The first-order valence-electron chi connectivity index (χ1n) is 13.1. The Bertz CT molecular complexity index is 1300. The van der Waals surface area contributed by atoms with E-state index in [2.05, 4.69) is 11.8 Å². The number of methoxy groups -OCH3 is 1. The van der Waals surface area contributed by atoms with Crippen LogP contribution in [0.5, 0.6) is 11.5 Å². The third-order valence-corrected chi connectivity index (χ3v) is 7.92. The number of hydrogen-bond donors (Lipinski definition) is 0. The first kappa shape index (κ1) is 28.7. The highest BCUT2D eigenvalue weighted by Gasteiger charge is 2.37. The van der Waals surface area contributed by atoms with E-state index >= 15 is 0 Å². The Morgan fingerprint density at radius 2 is 1.72 bits per heavy atom. The quantitative estimate of drug-likeness (QED) is 0.268. The number of nitrogens with zero attached hydrogens (tertiary/aromatic N) is 3. The van der Waals surface area contributed by atoms with Crippen molar-refractivity contribution < 1.29 is 14.3 Å². The van der Waals surface area contributed by atoms with E-state index in [9.17, 15) is 4.79 Å². The van der Waals surface area contributed by atoms with Crippen molar-refractivity contribution in [2.75, 3.05) is 26.7 Å². The van der Waals surface area contributed by atoms with Crippen molar-refractivity contribution in [1.29, 1.82) is 0 Å². The molecule has 0 N–H and O–H groups in total. The summed E-state index contributed by atoms with van der Waals surface area (Å²) in [4.78, 5) is 23.5. The van der Waals surface area contributed by atoms with E-state index < -0.39 is 0 Å². The van der Waals surface area contributed by atoms with Crippen molar-refractivity contribution in [1.82, 2.24) is 9.80 Å². The molecule has 5 rings (SSSR count). The lowest BCUT2D eigenvalue weighted by molar-refractivity contribution is -0.122. The molecule has 204 valence electrons. The van der Waals surface area contributed by atoms with E-state index in [1.165, 1.54) is 18.2 Å². The minimum atomic E-state index is 0. The van der Waals surface area contributed by atoms with Gasteiger partial charge in [-0.15, -0.1) is 12.4 Å². The van der Waals surface area contributed by atoms with Crippen molar-refractivity contribution in [3.05, 3.63) is 94.9 Å². The summed E-state index contributed by atoms with van der Waals surface area (Å²) in [5.74, 6) is 1.59. The molecule has 0 bridgehead atoms. The number of amides is 1. The third kappa shape index (κ3) is 7.24. The fraction of sp³-hybridized carbons (Fsp3) is 0.290. The molecule has 2 aliphatic rings. The number of halogens is 1. The van der Waals surface area contributed by atoms with Crippen LogP contribution in [0.25, 0.3) is 6.08 Å². The molecule has 0 radical (unpaired) electrons. The molecule has 1 amide bonds. The molecule has 2 fully saturated rings. The highest BCUT2D eigenvalue weighted by molar-refractivity contribution is 8.18. The van der Waals surface area contributed by atoms with Crippen LogP contribution < -0.4 is 9.47 Å². The second-order valence-electron chi connectivity index (χ2n) is 9.39. The Labute approximate surface area is 241 Å². The lowest BCUT2D eigenvalue weighted by Gasteiger charge is -2.27. The third-order valence-electron chi connectivity index (χ3n) is 6.91. The van der Waals surface area contributed by atoms with Crippen molar-refractivity contribution in [3.63, 3.8) is 0 Å². The summed E-state index contributed by atoms with van der Waals surface area (Å²) in [6, 6.07) is 25.9. The van der Waals surface area contributed by atoms with Crippen LogP contribution in [0.15, 0.2) is 88.8 Å². The van der Waals surface area contributed by atoms with Crippen LogP contribution in [-0.4, -0.2) is 53.7 Å². The van der Waals surface area contributed by atoms with Gasteiger partial charge in [0.1, 0.15) is 18.1 Å². The second kappa shape index (κ2) is 13.7. The van der Waals surface area contributed by atoms with E-state index in [-0.39, 0.29) is 18.3 Å². The summed E-state index contributed by atoms with van der Waals surface area (Å²) in [5, 5.41) is 0.720. The Hall–Kier alpha value is -3.26. The summed E-state index contributed by atoms with van der Waals surface area (Å²) in [5.41, 5.74) is 2.87. The van der Waals surface area contributed by atoms with Gasteiger partial charge in [-0.25, -0.2) is 4.99 Å². The number of likely N-dealkylation sites (tertiary alicyclic amines) is 1. The first-order chi connectivity index (χ1) is 18.6. The number of rotatable bonds is 9. The second-order valence-corrected chi connectivity index (χ2v) is 10.4. The largest absolute Gasteiger partial charge is 0.497 e. The van der Waals surface area contributed by atoms with Gasteiger partial charge in [-0.05, 0) is 91.3 Å². The Morgan fingerprint density at radius 1 is 1.00 bits per heavy atom. The number of likely N-dealkylation sites (N-methyl/N-ethyl adjacent to an activating group) is 1. The molecule has 0 saturated carbocycles. The maximum absolute atomic E-state index is 13.6. The van der Waals surface area contributed by atoms with Gasteiger partial charge in [0, 0.05) is 12.6 Å². The number of ether oxygens (including phenoxy) is 2. The topological polar surface area (TPSA) is 54.4 Å². The van der Waals surface area contributed by atoms with Gasteiger partial charge in [-0.3, -0.25) is 14.6 Å². The number of carbonyl (C=O) groups is 1. The zero-order valence-corrected chi connectivity index (χ0v) is 23.9. The Kier molecular flexibility index (Phi) is 10.1. The van der Waals surface area contributed by atoms with Crippen LogP contribution in [-0.2, 0) is 11.4 Å². The summed E-state index contributed by atoms with van der Waals surface area (Å²) < 4.78 is 11.2. The SMILES string of the molecule is CCN1CCCC1CN1C(=O)/C(=C\c2ccc(OCc3ccccc3)cc2)SC1=Nc1ccc(OC)cc1.Cl. The molecule has 3 aromatic rings.